The van der Waals surface area contributed by atoms with Crippen LogP contribution in [0.4, 0.5) is 4.79 Å². The fourth-order valence-corrected chi connectivity index (χ4v) is 4.30. The van der Waals surface area contributed by atoms with E-state index in [1.165, 1.54) is 12.1 Å². The van der Waals surface area contributed by atoms with Gasteiger partial charge in [-0.05, 0) is 37.3 Å². The molecule has 2 fully saturated rings. The smallest absolute Gasteiger partial charge is 0.424 e. The van der Waals surface area contributed by atoms with Crippen molar-refractivity contribution in [3.63, 3.8) is 0 Å². The van der Waals surface area contributed by atoms with Crippen molar-refractivity contribution in [3.05, 3.63) is 42.5 Å². The van der Waals surface area contributed by atoms with Crippen LogP contribution in [0.2, 0.25) is 0 Å². The lowest BCUT2D eigenvalue weighted by molar-refractivity contribution is 0.169. The Balaban J connectivity index is 1.94. The number of amides is 1. The number of benzene rings is 1. The molecule has 0 spiro atoms. The van der Waals surface area contributed by atoms with Crippen molar-refractivity contribution < 1.29 is 17.9 Å². The zero-order valence-corrected chi connectivity index (χ0v) is 12.5. The first-order valence-corrected chi connectivity index (χ1v) is 8.29. The summed E-state index contributed by atoms with van der Waals surface area (Å²) in [5.41, 5.74) is 0.961. The molecule has 0 aromatic heterocycles. The van der Waals surface area contributed by atoms with Gasteiger partial charge in [0, 0.05) is 0 Å². The summed E-state index contributed by atoms with van der Waals surface area (Å²) < 4.78 is 31.3. The van der Waals surface area contributed by atoms with Crippen LogP contribution in [-0.2, 0) is 14.8 Å². The molecular weight excluding hydrogens is 290 g/mol. The minimum atomic E-state index is -3.87. The third-order valence-corrected chi connectivity index (χ3v) is 5.93. The molecule has 1 aliphatic carbocycles. The Morgan fingerprint density at radius 2 is 2.00 bits per heavy atom. The summed E-state index contributed by atoms with van der Waals surface area (Å²) in [4.78, 5) is 12.0. The Morgan fingerprint density at radius 3 is 2.57 bits per heavy atom. The zero-order valence-electron chi connectivity index (χ0n) is 11.7. The predicted octanol–water partition coefficient (Wildman–Crippen LogP) is 2.33. The van der Waals surface area contributed by atoms with Crippen molar-refractivity contribution in [2.45, 2.75) is 24.3 Å². The molecule has 21 heavy (non-hydrogen) atoms. The van der Waals surface area contributed by atoms with Gasteiger partial charge in [-0.25, -0.2) is 13.2 Å². The number of cyclic esters (lactones) is 1. The van der Waals surface area contributed by atoms with Gasteiger partial charge in [0.05, 0.1) is 10.9 Å². The molecule has 0 bridgehead atoms. The largest absolute Gasteiger partial charge is 0.446 e. The van der Waals surface area contributed by atoms with E-state index in [0.717, 1.165) is 16.3 Å². The highest BCUT2D eigenvalue weighted by molar-refractivity contribution is 7.89. The Kier molecular flexibility index (Phi) is 3.28. The number of hydrogen-bond donors (Lipinski definition) is 0. The average molecular weight is 307 g/mol. The molecule has 1 aliphatic heterocycles. The molecule has 1 saturated heterocycles. The molecule has 2 aliphatic rings. The Labute approximate surface area is 124 Å². The number of sulfonamides is 1. The van der Waals surface area contributed by atoms with Crippen LogP contribution in [0.15, 0.2) is 41.8 Å². The summed E-state index contributed by atoms with van der Waals surface area (Å²) in [6.07, 6.45) is 1.88. The van der Waals surface area contributed by atoms with Crippen molar-refractivity contribution in [3.8, 4) is 0 Å². The van der Waals surface area contributed by atoms with Gasteiger partial charge in [-0.2, -0.15) is 4.31 Å². The van der Waals surface area contributed by atoms with E-state index >= 15 is 0 Å². The number of ether oxygens (including phenoxy) is 1. The quantitative estimate of drug-likeness (QED) is 0.801. The number of aryl methyl sites for hydroxylation is 1. The zero-order chi connectivity index (χ0) is 15.2. The molecule has 0 N–H and O–H groups in total. The minimum Gasteiger partial charge on any atom is -0.446 e. The fraction of sp³-hybridized carbons (Fsp3) is 0.400. The van der Waals surface area contributed by atoms with Crippen LogP contribution in [0.3, 0.4) is 0 Å². The molecule has 5 nitrogen and oxygen atoms in total. The van der Waals surface area contributed by atoms with Gasteiger partial charge in [-0.15, -0.1) is 6.58 Å². The van der Waals surface area contributed by atoms with Gasteiger partial charge >= 0.3 is 6.09 Å². The van der Waals surface area contributed by atoms with Crippen LogP contribution >= 0.6 is 0 Å². The van der Waals surface area contributed by atoms with Gasteiger partial charge in [0.1, 0.15) is 6.61 Å². The van der Waals surface area contributed by atoms with E-state index in [1.54, 1.807) is 12.1 Å². The summed E-state index contributed by atoms with van der Waals surface area (Å²) in [5.74, 6) is 0.384. The van der Waals surface area contributed by atoms with Crippen molar-refractivity contribution in [2.75, 3.05) is 6.61 Å². The summed E-state index contributed by atoms with van der Waals surface area (Å²) in [6, 6.07) is 6.04. The molecule has 1 amide bonds. The lowest BCUT2D eigenvalue weighted by Gasteiger charge is -2.21. The monoisotopic (exact) mass is 307 g/mol. The first-order valence-electron chi connectivity index (χ1n) is 6.85. The second-order valence-corrected chi connectivity index (χ2v) is 7.37. The molecule has 112 valence electrons. The first kappa shape index (κ1) is 14.1. The number of carbonyl (C=O) groups excluding carboxylic acids is 1. The highest BCUT2D eigenvalue weighted by atomic mass is 32.2. The summed E-state index contributed by atoms with van der Waals surface area (Å²) in [7, 11) is -3.87. The van der Waals surface area contributed by atoms with Crippen LogP contribution in [-0.4, -0.2) is 31.5 Å². The number of rotatable bonds is 4. The molecule has 1 heterocycles. The van der Waals surface area contributed by atoms with E-state index < -0.39 is 22.2 Å². The molecule has 6 heteroatoms. The van der Waals surface area contributed by atoms with Crippen LogP contribution in [0.1, 0.15) is 12.0 Å². The number of hydrogen-bond acceptors (Lipinski definition) is 4. The van der Waals surface area contributed by atoms with E-state index in [-0.39, 0.29) is 23.3 Å². The Bertz CT molecular complexity index is 680. The average Bonchev–Trinajstić information content (AvgIpc) is 3.13. The third kappa shape index (κ3) is 2.33. The topological polar surface area (TPSA) is 63.7 Å². The van der Waals surface area contributed by atoms with E-state index in [2.05, 4.69) is 6.58 Å². The normalized spacial score (nSPS) is 28.3. The van der Waals surface area contributed by atoms with Gasteiger partial charge in [-0.3, -0.25) is 0 Å². The second-order valence-electron chi connectivity index (χ2n) is 5.56. The number of carbonyl (C=O) groups is 1. The predicted molar refractivity (Wildman–Crippen MR) is 77.1 cm³/mol. The third-order valence-electron chi connectivity index (χ3n) is 4.12. The molecule has 1 saturated carbocycles. The van der Waals surface area contributed by atoms with Gasteiger partial charge in [0.2, 0.25) is 0 Å². The highest BCUT2D eigenvalue weighted by Crippen LogP contribution is 2.46. The lowest BCUT2D eigenvalue weighted by atomic mass is 10.2. The first-order chi connectivity index (χ1) is 9.95. The molecule has 3 atom stereocenters. The SMILES string of the molecule is C=CC1CC1C1COC(=O)N1S(=O)(=O)c1ccc(C)cc1. The summed E-state index contributed by atoms with van der Waals surface area (Å²) >= 11 is 0. The maximum Gasteiger partial charge on any atom is 0.424 e. The minimum absolute atomic E-state index is 0.118. The summed E-state index contributed by atoms with van der Waals surface area (Å²) in [5, 5.41) is 0. The molecule has 3 unspecified atom stereocenters. The van der Waals surface area contributed by atoms with Crippen molar-refractivity contribution in [1.29, 1.82) is 0 Å². The van der Waals surface area contributed by atoms with E-state index in [9.17, 15) is 13.2 Å². The Morgan fingerprint density at radius 1 is 1.33 bits per heavy atom. The standard InChI is InChI=1S/C15H17NO4S/c1-3-11-8-13(11)14-9-20-15(17)16(14)21(18,19)12-6-4-10(2)5-7-12/h3-7,11,13-14H,1,8-9H2,2H3. The second kappa shape index (κ2) is 4.87. The van der Waals surface area contributed by atoms with E-state index in [0.29, 0.717) is 0 Å². The van der Waals surface area contributed by atoms with Gasteiger partial charge in [0.25, 0.3) is 10.0 Å². The van der Waals surface area contributed by atoms with E-state index in [1.807, 2.05) is 13.0 Å². The molecule has 1 aromatic rings. The molecule has 0 radical (unpaired) electrons. The van der Waals surface area contributed by atoms with Crippen LogP contribution < -0.4 is 0 Å². The maximum atomic E-state index is 12.7. The number of nitrogens with zero attached hydrogens (tertiary/aromatic N) is 1. The summed E-state index contributed by atoms with van der Waals surface area (Å²) in [6.45, 7) is 5.73. The van der Waals surface area contributed by atoms with Gasteiger partial charge in [-0.1, -0.05) is 23.8 Å². The van der Waals surface area contributed by atoms with Crippen molar-refractivity contribution in [1.82, 2.24) is 4.31 Å². The van der Waals surface area contributed by atoms with Gasteiger partial charge in [0.15, 0.2) is 0 Å². The maximum absolute atomic E-state index is 12.7. The Hall–Kier alpha value is -1.82. The van der Waals surface area contributed by atoms with Crippen LogP contribution in [0.5, 0.6) is 0 Å². The lowest BCUT2D eigenvalue weighted by Crippen LogP contribution is -2.40. The van der Waals surface area contributed by atoms with E-state index in [4.69, 9.17) is 4.74 Å². The van der Waals surface area contributed by atoms with Gasteiger partial charge < -0.3 is 4.74 Å². The highest BCUT2D eigenvalue weighted by Gasteiger charge is 2.53. The number of allylic oxidation sites excluding steroid dienone is 1. The van der Waals surface area contributed by atoms with Crippen LogP contribution in [0, 0.1) is 18.8 Å². The molecule has 3 rings (SSSR count). The van der Waals surface area contributed by atoms with Crippen molar-refractivity contribution in [2.24, 2.45) is 11.8 Å². The molecule has 1 aromatic carbocycles. The van der Waals surface area contributed by atoms with Crippen LogP contribution in [0.25, 0.3) is 0 Å². The fourth-order valence-electron chi connectivity index (χ4n) is 2.77. The molecular formula is C15H17NO4S. The van der Waals surface area contributed by atoms with Crippen molar-refractivity contribution >= 4 is 16.1 Å².